The molecule has 0 aromatic carbocycles. The van der Waals surface area contributed by atoms with Crippen molar-refractivity contribution in [2.45, 2.75) is 39.8 Å². The van der Waals surface area contributed by atoms with Gasteiger partial charge in [-0.05, 0) is 27.7 Å². The number of hydrazine groups is 1. The van der Waals surface area contributed by atoms with Crippen LogP contribution in [0.3, 0.4) is 0 Å². The SMILES string of the molecule is CC(C)N1CCN(N(C)C(C)C)CC1. The van der Waals surface area contributed by atoms with E-state index in [4.69, 9.17) is 0 Å². The molecule has 0 spiro atoms. The van der Waals surface area contributed by atoms with E-state index < -0.39 is 0 Å². The van der Waals surface area contributed by atoms with Crippen molar-refractivity contribution >= 4 is 0 Å². The Balaban J connectivity index is 2.35. The zero-order chi connectivity index (χ0) is 10.7. The molecule has 0 amide bonds. The number of piperazine rings is 1. The molecule has 0 N–H and O–H groups in total. The Hall–Kier alpha value is -0.120. The molecule has 1 aliphatic rings. The Kier molecular flexibility index (Phi) is 4.35. The number of nitrogens with zero attached hydrogens (tertiary/aromatic N) is 3. The molecule has 0 radical (unpaired) electrons. The third-order valence-corrected chi connectivity index (χ3v) is 3.21. The van der Waals surface area contributed by atoms with Gasteiger partial charge < -0.3 is 0 Å². The van der Waals surface area contributed by atoms with Gasteiger partial charge in [0.25, 0.3) is 0 Å². The van der Waals surface area contributed by atoms with Crippen LogP contribution in [0, 0.1) is 0 Å². The zero-order valence-electron chi connectivity index (χ0n) is 10.3. The molecule has 0 unspecified atom stereocenters. The van der Waals surface area contributed by atoms with Crippen molar-refractivity contribution in [2.24, 2.45) is 0 Å². The Morgan fingerprint density at radius 2 is 1.43 bits per heavy atom. The molecule has 1 fully saturated rings. The van der Waals surface area contributed by atoms with Crippen LogP contribution in [0.25, 0.3) is 0 Å². The van der Waals surface area contributed by atoms with Gasteiger partial charge in [-0.2, -0.15) is 0 Å². The monoisotopic (exact) mass is 199 g/mol. The highest BCUT2D eigenvalue weighted by Crippen LogP contribution is 2.09. The van der Waals surface area contributed by atoms with E-state index in [1.54, 1.807) is 0 Å². The van der Waals surface area contributed by atoms with Crippen molar-refractivity contribution < 1.29 is 0 Å². The molecule has 1 rings (SSSR count). The van der Waals surface area contributed by atoms with E-state index in [1.165, 1.54) is 26.2 Å². The van der Waals surface area contributed by atoms with Gasteiger partial charge in [0.1, 0.15) is 0 Å². The number of rotatable bonds is 3. The van der Waals surface area contributed by atoms with Gasteiger partial charge in [0.2, 0.25) is 0 Å². The van der Waals surface area contributed by atoms with E-state index in [1.807, 2.05) is 0 Å². The molecule has 1 saturated heterocycles. The van der Waals surface area contributed by atoms with Gasteiger partial charge in [-0.1, -0.05) is 0 Å². The second-order valence-corrected chi connectivity index (χ2v) is 4.75. The first-order valence-electron chi connectivity index (χ1n) is 5.74. The first kappa shape index (κ1) is 12.0. The summed E-state index contributed by atoms with van der Waals surface area (Å²) in [6, 6.07) is 1.31. The smallest absolute Gasteiger partial charge is 0.0261 e. The molecule has 14 heavy (non-hydrogen) atoms. The molecule has 0 saturated carbocycles. The molecule has 0 atom stereocenters. The van der Waals surface area contributed by atoms with E-state index in [0.717, 1.165) is 0 Å². The maximum atomic E-state index is 2.55. The third kappa shape index (κ3) is 2.94. The van der Waals surface area contributed by atoms with Crippen molar-refractivity contribution in [1.29, 1.82) is 0 Å². The van der Waals surface area contributed by atoms with Gasteiger partial charge in [-0.15, -0.1) is 0 Å². The van der Waals surface area contributed by atoms with Gasteiger partial charge in [0, 0.05) is 45.3 Å². The van der Waals surface area contributed by atoms with E-state index in [-0.39, 0.29) is 0 Å². The maximum absolute atomic E-state index is 2.55. The van der Waals surface area contributed by atoms with Gasteiger partial charge in [0.15, 0.2) is 0 Å². The van der Waals surface area contributed by atoms with Crippen molar-refractivity contribution in [3.63, 3.8) is 0 Å². The summed E-state index contributed by atoms with van der Waals surface area (Å²) in [4.78, 5) is 2.55. The van der Waals surface area contributed by atoms with Crippen molar-refractivity contribution in [2.75, 3.05) is 33.2 Å². The van der Waals surface area contributed by atoms with Crippen LogP contribution in [0.1, 0.15) is 27.7 Å². The van der Waals surface area contributed by atoms with Gasteiger partial charge in [-0.3, -0.25) is 4.90 Å². The normalized spacial score (nSPS) is 21.4. The highest BCUT2D eigenvalue weighted by molar-refractivity contribution is 4.73. The largest absolute Gasteiger partial charge is 0.298 e. The minimum Gasteiger partial charge on any atom is -0.298 e. The standard InChI is InChI=1S/C11H25N3/c1-10(2)12(5)14-8-6-13(7-9-14)11(3)4/h10-11H,6-9H2,1-5H3. The summed E-state index contributed by atoms with van der Waals surface area (Å²) in [5.41, 5.74) is 0. The molecular formula is C11H25N3. The number of hydrogen-bond donors (Lipinski definition) is 0. The minimum absolute atomic E-state index is 0.612. The minimum atomic E-state index is 0.612. The van der Waals surface area contributed by atoms with Crippen LogP contribution >= 0.6 is 0 Å². The lowest BCUT2D eigenvalue weighted by Crippen LogP contribution is -2.55. The Morgan fingerprint density at radius 3 is 1.79 bits per heavy atom. The molecule has 0 aromatic heterocycles. The predicted octanol–water partition coefficient (Wildman–Crippen LogP) is 1.27. The summed E-state index contributed by atoms with van der Waals surface area (Å²) in [7, 11) is 2.19. The molecule has 84 valence electrons. The quantitative estimate of drug-likeness (QED) is 0.678. The Bertz CT molecular complexity index is 160. The summed E-state index contributed by atoms with van der Waals surface area (Å²) in [6.45, 7) is 13.8. The lowest BCUT2D eigenvalue weighted by atomic mass is 10.2. The summed E-state index contributed by atoms with van der Waals surface area (Å²) in [6.07, 6.45) is 0. The van der Waals surface area contributed by atoms with Gasteiger partial charge in [0.05, 0.1) is 0 Å². The van der Waals surface area contributed by atoms with Crippen LogP contribution in [-0.2, 0) is 0 Å². The second-order valence-electron chi connectivity index (χ2n) is 4.75. The molecule has 0 aromatic rings. The second kappa shape index (κ2) is 5.10. The van der Waals surface area contributed by atoms with Crippen molar-refractivity contribution in [3.8, 4) is 0 Å². The summed E-state index contributed by atoms with van der Waals surface area (Å²) >= 11 is 0. The van der Waals surface area contributed by atoms with Crippen molar-refractivity contribution in [1.82, 2.24) is 14.9 Å². The molecule has 3 heteroatoms. The van der Waals surface area contributed by atoms with Crippen LogP contribution in [0.2, 0.25) is 0 Å². The first-order valence-corrected chi connectivity index (χ1v) is 5.74. The van der Waals surface area contributed by atoms with Crippen LogP contribution in [-0.4, -0.2) is 60.2 Å². The van der Waals surface area contributed by atoms with E-state index in [2.05, 4.69) is 49.7 Å². The fourth-order valence-corrected chi connectivity index (χ4v) is 1.87. The Morgan fingerprint density at radius 1 is 0.929 bits per heavy atom. The summed E-state index contributed by atoms with van der Waals surface area (Å²) in [5.74, 6) is 0. The lowest BCUT2D eigenvalue weighted by Gasteiger charge is -2.42. The predicted molar refractivity (Wildman–Crippen MR) is 61.2 cm³/mol. The fraction of sp³-hybridized carbons (Fsp3) is 1.00. The van der Waals surface area contributed by atoms with Crippen LogP contribution in [0.4, 0.5) is 0 Å². The molecule has 1 aliphatic heterocycles. The molecule has 1 heterocycles. The van der Waals surface area contributed by atoms with Crippen molar-refractivity contribution in [3.05, 3.63) is 0 Å². The Labute approximate surface area is 88.6 Å². The average Bonchev–Trinajstić information content (AvgIpc) is 2.16. The first-order chi connectivity index (χ1) is 6.52. The molecular weight excluding hydrogens is 174 g/mol. The highest BCUT2D eigenvalue weighted by Gasteiger charge is 2.22. The fourth-order valence-electron chi connectivity index (χ4n) is 1.87. The number of hydrogen-bond acceptors (Lipinski definition) is 3. The zero-order valence-corrected chi connectivity index (χ0v) is 10.3. The third-order valence-electron chi connectivity index (χ3n) is 3.21. The molecule has 0 bridgehead atoms. The highest BCUT2D eigenvalue weighted by atomic mass is 15.6. The maximum Gasteiger partial charge on any atom is 0.0261 e. The van der Waals surface area contributed by atoms with E-state index >= 15 is 0 Å². The van der Waals surface area contributed by atoms with Crippen LogP contribution < -0.4 is 0 Å². The van der Waals surface area contributed by atoms with E-state index in [0.29, 0.717) is 12.1 Å². The summed E-state index contributed by atoms with van der Waals surface area (Å²) in [5, 5.41) is 4.82. The van der Waals surface area contributed by atoms with E-state index in [9.17, 15) is 0 Å². The lowest BCUT2D eigenvalue weighted by molar-refractivity contribution is -0.0627. The average molecular weight is 199 g/mol. The molecule has 3 nitrogen and oxygen atoms in total. The van der Waals surface area contributed by atoms with Crippen LogP contribution in [0.5, 0.6) is 0 Å². The van der Waals surface area contributed by atoms with Gasteiger partial charge >= 0.3 is 0 Å². The topological polar surface area (TPSA) is 9.72 Å². The van der Waals surface area contributed by atoms with Gasteiger partial charge in [-0.25, -0.2) is 10.0 Å². The molecule has 0 aliphatic carbocycles. The summed E-state index contributed by atoms with van der Waals surface area (Å²) < 4.78 is 0. The van der Waals surface area contributed by atoms with Crippen LogP contribution in [0.15, 0.2) is 0 Å².